The Morgan fingerprint density at radius 2 is 1.96 bits per heavy atom. The van der Waals surface area contributed by atoms with Gasteiger partial charge in [-0.15, -0.1) is 0 Å². The second kappa shape index (κ2) is 8.25. The van der Waals surface area contributed by atoms with Gasteiger partial charge in [0.15, 0.2) is 6.61 Å². The number of anilines is 1. The molecule has 0 aromatic heterocycles. The van der Waals surface area contributed by atoms with E-state index in [9.17, 15) is 14.0 Å². The number of hydrogen-bond acceptors (Lipinski definition) is 4. The predicted molar refractivity (Wildman–Crippen MR) is 86.2 cm³/mol. The monoisotopic (exact) mass is 324 g/mol. The molecule has 0 bridgehead atoms. The van der Waals surface area contributed by atoms with E-state index in [-0.39, 0.29) is 5.69 Å². The smallest absolute Gasteiger partial charge is 0.331 e. The summed E-state index contributed by atoms with van der Waals surface area (Å²) in [6, 6.07) is 14.0. The first-order chi connectivity index (χ1) is 11.6. The second-order valence-corrected chi connectivity index (χ2v) is 4.73. The lowest BCUT2D eigenvalue weighted by Gasteiger charge is -2.05. The van der Waals surface area contributed by atoms with E-state index in [1.54, 1.807) is 24.3 Å². The van der Waals surface area contributed by atoms with Crippen molar-refractivity contribution < 1.29 is 18.7 Å². The molecule has 0 spiro atoms. The Balaban J connectivity index is 1.80. The van der Waals surface area contributed by atoms with Crippen molar-refractivity contribution in [3.8, 4) is 6.07 Å². The first kappa shape index (κ1) is 16.9. The van der Waals surface area contributed by atoms with Crippen LogP contribution in [0.3, 0.4) is 0 Å². The van der Waals surface area contributed by atoms with E-state index in [1.165, 1.54) is 30.4 Å². The summed E-state index contributed by atoms with van der Waals surface area (Å²) in [5.74, 6) is -1.73. The fraction of sp³-hybridized carbons (Fsp3) is 0.0556. The van der Waals surface area contributed by atoms with Gasteiger partial charge in [-0.2, -0.15) is 5.26 Å². The zero-order valence-electron chi connectivity index (χ0n) is 12.5. The van der Waals surface area contributed by atoms with E-state index in [2.05, 4.69) is 5.32 Å². The number of carbonyl (C=O) groups excluding carboxylic acids is 2. The van der Waals surface area contributed by atoms with Crippen molar-refractivity contribution >= 4 is 23.6 Å². The number of nitrogens with one attached hydrogen (secondary N) is 1. The molecule has 0 radical (unpaired) electrons. The normalized spacial score (nSPS) is 10.2. The van der Waals surface area contributed by atoms with E-state index < -0.39 is 24.3 Å². The lowest BCUT2D eigenvalue weighted by molar-refractivity contribution is -0.142. The average Bonchev–Trinajstić information content (AvgIpc) is 2.58. The van der Waals surface area contributed by atoms with Crippen molar-refractivity contribution in [3.05, 3.63) is 71.6 Å². The van der Waals surface area contributed by atoms with Gasteiger partial charge in [0.05, 0.1) is 11.6 Å². The molecule has 1 amide bonds. The maximum atomic E-state index is 13.0. The maximum Gasteiger partial charge on any atom is 0.331 e. The van der Waals surface area contributed by atoms with Crippen molar-refractivity contribution in [1.82, 2.24) is 0 Å². The van der Waals surface area contributed by atoms with Crippen molar-refractivity contribution in [3.63, 3.8) is 0 Å². The van der Waals surface area contributed by atoms with Gasteiger partial charge in [0.25, 0.3) is 5.91 Å². The summed E-state index contributed by atoms with van der Waals surface area (Å²) < 4.78 is 17.8. The fourth-order valence-electron chi connectivity index (χ4n) is 1.78. The zero-order valence-corrected chi connectivity index (χ0v) is 12.5. The molecule has 0 heterocycles. The molecule has 0 unspecified atom stereocenters. The number of rotatable bonds is 5. The molecule has 0 atom stereocenters. The molecular weight excluding hydrogens is 311 g/mol. The SMILES string of the molecule is N#Cc1ccc(/C=C/C(=O)OCC(=O)Nc2cccc(F)c2)cc1. The van der Waals surface area contributed by atoms with Crippen molar-refractivity contribution in [2.75, 3.05) is 11.9 Å². The topological polar surface area (TPSA) is 79.2 Å². The minimum Gasteiger partial charge on any atom is -0.452 e. The van der Waals surface area contributed by atoms with Gasteiger partial charge in [0.2, 0.25) is 0 Å². The summed E-state index contributed by atoms with van der Waals surface area (Å²) >= 11 is 0. The number of nitriles is 1. The van der Waals surface area contributed by atoms with Gasteiger partial charge in [-0.05, 0) is 42.0 Å². The highest BCUT2D eigenvalue weighted by Crippen LogP contribution is 2.09. The molecule has 2 aromatic rings. The largest absolute Gasteiger partial charge is 0.452 e. The minimum atomic E-state index is -0.686. The van der Waals surface area contributed by atoms with Gasteiger partial charge in [-0.25, -0.2) is 9.18 Å². The third kappa shape index (κ3) is 5.39. The van der Waals surface area contributed by atoms with Gasteiger partial charge in [0.1, 0.15) is 5.82 Å². The van der Waals surface area contributed by atoms with E-state index in [0.717, 1.165) is 11.6 Å². The Morgan fingerprint density at radius 1 is 1.21 bits per heavy atom. The Kier molecular flexibility index (Phi) is 5.81. The highest BCUT2D eigenvalue weighted by molar-refractivity contribution is 5.94. The highest BCUT2D eigenvalue weighted by atomic mass is 19.1. The van der Waals surface area contributed by atoms with Crippen LogP contribution in [-0.2, 0) is 14.3 Å². The van der Waals surface area contributed by atoms with Gasteiger partial charge < -0.3 is 10.1 Å². The number of nitrogens with zero attached hydrogens (tertiary/aromatic N) is 1. The maximum absolute atomic E-state index is 13.0. The van der Waals surface area contributed by atoms with Crippen LogP contribution in [0.1, 0.15) is 11.1 Å². The van der Waals surface area contributed by atoms with Gasteiger partial charge in [0, 0.05) is 11.8 Å². The number of ether oxygens (including phenoxy) is 1. The molecule has 5 nitrogen and oxygen atoms in total. The Morgan fingerprint density at radius 3 is 2.62 bits per heavy atom. The number of carbonyl (C=O) groups is 2. The van der Waals surface area contributed by atoms with Crippen LogP contribution in [0.15, 0.2) is 54.6 Å². The number of benzene rings is 2. The van der Waals surface area contributed by atoms with Gasteiger partial charge in [-0.3, -0.25) is 4.79 Å². The quantitative estimate of drug-likeness (QED) is 0.677. The van der Waals surface area contributed by atoms with Crippen LogP contribution >= 0.6 is 0 Å². The molecule has 0 aliphatic carbocycles. The van der Waals surface area contributed by atoms with E-state index in [1.807, 2.05) is 6.07 Å². The lowest BCUT2D eigenvalue weighted by Crippen LogP contribution is -2.20. The first-order valence-corrected chi connectivity index (χ1v) is 6.97. The van der Waals surface area contributed by atoms with Gasteiger partial charge >= 0.3 is 5.97 Å². The van der Waals surface area contributed by atoms with Crippen LogP contribution in [-0.4, -0.2) is 18.5 Å². The predicted octanol–water partition coefficient (Wildman–Crippen LogP) is 2.89. The number of hydrogen-bond donors (Lipinski definition) is 1. The minimum absolute atomic E-state index is 0.282. The van der Waals surface area contributed by atoms with Crippen molar-refractivity contribution in [1.29, 1.82) is 5.26 Å². The fourth-order valence-corrected chi connectivity index (χ4v) is 1.78. The molecule has 0 aliphatic heterocycles. The number of esters is 1. The van der Waals surface area contributed by atoms with Crippen LogP contribution in [0.5, 0.6) is 0 Å². The van der Waals surface area contributed by atoms with Crippen LogP contribution in [0, 0.1) is 17.1 Å². The molecule has 2 rings (SSSR count). The molecule has 0 aliphatic rings. The molecule has 0 fully saturated rings. The standard InChI is InChI=1S/C18H13FN2O3/c19-15-2-1-3-16(10-15)21-17(22)12-24-18(23)9-8-13-4-6-14(11-20)7-5-13/h1-10H,12H2,(H,21,22)/b9-8+. The molecule has 24 heavy (non-hydrogen) atoms. The zero-order chi connectivity index (χ0) is 17.4. The molecular formula is C18H13FN2O3. The number of halogens is 1. The van der Waals surface area contributed by atoms with Crippen LogP contribution < -0.4 is 5.32 Å². The summed E-state index contributed by atoms with van der Waals surface area (Å²) in [6.07, 6.45) is 2.69. The molecule has 0 saturated carbocycles. The highest BCUT2D eigenvalue weighted by Gasteiger charge is 2.06. The summed E-state index contributed by atoms with van der Waals surface area (Å²) in [4.78, 5) is 23.2. The lowest BCUT2D eigenvalue weighted by atomic mass is 10.1. The van der Waals surface area contributed by atoms with Crippen molar-refractivity contribution in [2.45, 2.75) is 0 Å². The molecule has 6 heteroatoms. The Bertz CT molecular complexity index is 808. The van der Waals surface area contributed by atoms with Crippen LogP contribution in [0.4, 0.5) is 10.1 Å². The Labute approximate surface area is 138 Å². The first-order valence-electron chi connectivity index (χ1n) is 6.97. The van der Waals surface area contributed by atoms with Crippen molar-refractivity contribution in [2.24, 2.45) is 0 Å². The number of amides is 1. The van der Waals surface area contributed by atoms with Crippen LogP contribution in [0.25, 0.3) is 6.08 Å². The third-order valence-electron chi connectivity index (χ3n) is 2.91. The molecule has 2 aromatic carbocycles. The summed E-state index contributed by atoms with van der Waals surface area (Å²) in [5.41, 5.74) is 1.52. The van der Waals surface area contributed by atoms with Crippen LogP contribution in [0.2, 0.25) is 0 Å². The van der Waals surface area contributed by atoms with Gasteiger partial charge in [-0.1, -0.05) is 18.2 Å². The van der Waals surface area contributed by atoms with E-state index in [4.69, 9.17) is 10.00 Å². The molecule has 1 N–H and O–H groups in total. The molecule has 0 saturated heterocycles. The molecule has 120 valence electrons. The average molecular weight is 324 g/mol. The third-order valence-corrected chi connectivity index (χ3v) is 2.91. The summed E-state index contributed by atoms with van der Waals surface area (Å²) in [7, 11) is 0. The summed E-state index contributed by atoms with van der Waals surface area (Å²) in [6.45, 7) is -0.479. The van der Waals surface area contributed by atoms with E-state index in [0.29, 0.717) is 5.56 Å². The second-order valence-electron chi connectivity index (χ2n) is 4.73. The summed E-state index contributed by atoms with van der Waals surface area (Å²) in [5, 5.41) is 11.1. The Hall–Kier alpha value is -3.46. The van der Waals surface area contributed by atoms with E-state index >= 15 is 0 Å².